The molecule has 0 saturated carbocycles. The molecule has 0 aromatic rings. The minimum Gasteiger partial charge on any atom is -0.449 e. The molecule has 1 aliphatic carbocycles. The number of esters is 1. The first-order chi connectivity index (χ1) is 8.73. The molecule has 0 radical (unpaired) electrons. The summed E-state index contributed by atoms with van der Waals surface area (Å²) in [4.78, 5) is 11.2. The summed E-state index contributed by atoms with van der Waals surface area (Å²) in [5.74, 6) is 5.51. The van der Waals surface area contributed by atoms with Gasteiger partial charge in [-0.2, -0.15) is 0 Å². The number of allylic oxidation sites excluding steroid dienone is 1. The standard InChI is InChI=1S/C16H24O3/c1-6-14(17)19-13(3)9-11-16(18)12(2)8-7-10-15(16,4)5/h8,13,18H,6-7,10H2,1-5H3. The quantitative estimate of drug-likeness (QED) is 0.474. The predicted octanol–water partition coefficient (Wildman–Crippen LogP) is 2.83. The summed E-state index contributed by atoms with van der Waals surface area (Å²) < 4.78 is 5.10. The van der Waals surface area contributed by atoms with Gasteiger partial charge < -0.3 is 9.84 Å². The van der Waals surface area contributed by atoms with E-state index in [1.165, 1.54) is 0 Å². The van der Waals surface area contributed by atoms with Gasteiger partial charge in [-0.1, -0.05) is 38.7 Å². The second kappa shape index (κ2) is 5.79. The van der Waals surface area contributed by atoms with Crippen LogP contribution in [0.3, 0.4) is 0 Å². The molecule has 1 N–H and O–H groups in total. The molecule has 2 atom stereocenters. The van der Waals surface area contributed by atoms with Gasteiger partial charge in [-0.05, 0) is 32.3 Å². The smallest absolute Gasteiger partial charge is 0.306 e. The second-order valence-corrected chi connectivity index (χ2v) is 5.78. The molecule has 1 rings (SSSR count). The number of hydrogen-bond donors (Lipinski definition) is 1. The highest BCUT2D eigenvalue weighted by molar-refractivity contribution is 5.69. The van der Waals surface area contributed by atoms with Crippen molar-refractivity contribution in [1.29, 1.82) is 0 Å². The average molecular weight is 264 g/mol. The summed E-state index contributed by atoms with van der Waals surface area (Å²) in [5, 5.41) is 10.8. The van der Waals surface area contributed by atoms with Crippen LogP contribution < -0.4 is 0 Å². The van der Waals surface area contributed by atoms with Crippen molar-refractivity contribution in [2.45, 2.75) is 65.6 Å². The third-order valence-corrected chi connectivity index (χ3v) is 3.82. The monoisotopic (exact) mass is 264 g/mol. The van der Waals surface area contributed by atoms with Gasteiger partial charge in [0.15, 0.2) is 11.7 Å². The third-order valence-electron chi connectivity index (χ3n) is 3.82. The molecule has 3 nitrogen and oxygen atoms in total. The zero-order valence-corrected chi connectivity index (χ0v) is 12.5. The Bertz CT molecular complexity index is 437. The van der Waals surface area contributed by atoms with Crippen molar-refractivity contribution in [2.24, 2.45) is 5.41 Å². The van der Waals surface area contributed by atoms with Crippen molar-refractivity contribution in [2.75, 3.05) is 0 Å². The zero-order chi connectivity index (χ0) is 14.7. The predicted molar refractivity (Wildman–Crippen MR) is 75.3 cm³/mol. The topological polar surface area (TPSA) is 46.5 Å². The van der Waals surface area contributed by atoms with Crippen molar-refractivity contribution in [3.05, 3.63) is 11.6 Å². The fraction of sp³-hybridized carbons (Fsp3) is 0.688. The molecule has 0 aromatic carbocycles. The molecule has 0 fully saturated rings. The molecule has 0 saturated heterocycles. The van der Waals surface area contributed by atoms with E-state index in [0.29, 0.717) is 6.42 Å². The van der Waals surface area contributed by atoms with E-state index >= 15 is 0 Å². The minimum atomic E-state index is -1.14. The molecule has 0 amide bonds. The zero-order valence-electron chi connectivity index (χ0n) is 12.5. The van der Waals surface area contributed by atoms with Crippen molar-refractivity contribution in [1.82, 2.24) is 0 Å². The van der Waals surface area contributed by atoms with Crippen molar-refractivity contribution in [3.8, 4) is 11.8 Å². The fourth-order valence-electron chi connectivity index (χ4n) is 2.30. The van der Waals surface area contributed by atoms with Crippen molar-refractivity contribution < 1.29 is 14.6 Å². The number of carbonyl (C=O) groups excluding carboxylic acids is 1. The first-order valence-corrected chi connectivity index (χ1v) is 6.84. The molecule has 0 bridgehead atoms. The Balaban J connectivity index is 2.92. The Morgan fingerprint density at radius 2 is 2.21 bits per heavy atom. The van der Waals surface area contributed by atoms with Crippen LogP contribution >= 0.6 is 0 Å². The summed E-state index contributed by atoms with van der Waals surface area (Å²) in [6, 6.07) is 0. The Morgan fingerprint density at radius 1 is 1.58 bits per heavy atom. The van der Waals surface area contributed by atoms with E-state index < -0.39 is 11.7 Å². The highest BCUT2D eigenvalue weighted by atomic mass is 16.5. The molecule has 3 heteroatoms. The van der Waals surface area contributed by atoms with Crippen LogP contribution in [-0.4, -0.2) is 22.8 Å². The minimum absolute atomic E-state index is 0.274. The van der Waals surface area contributed by atoms with E-state index in [1.807, 2.05) is 26.8 Å². The molecule has 106 valence electrons. The maximum Gasteiger partial charge on any atom is 0.306 e. The molecular formula is C16H24O3. The van der Waals surface area contributed by atoms with E-state index in [0.717, 1.165) is 18.4 Å². The van der Waals surface area contributed by atoms with Crippen LogP contribution in [0.4, 0.5) is 0 Å². The average Bonchev–Trinajstić information content (AvgIpc) is 2.33. The molecule has 19 heavy (non-hydrogen) atoms. The van der Waals surface area contributed by atoms with Gasteiger partial charge in [0, 0.05) is 11.8 Å². The summed E-state index contributed by atoms with van der Waals surface area (Å²) >= 11 is 0. The van der Waals surface area contributed by atoms with Gasteiger partial charge in [0.1, 0.15) is 0 Å². The normalized spacial score (nSPS) is 26.7. The van der Waals surface area contributed by atoms with Crippen LogP contribution in [0.5, 0.6) is 0 Å². The Morgan fingerprint density at radius 3 is 2.74 bits per heavy atom. The number of aliphatic hydroxyl groups is 1. The maximum absolute atomic E-state index is 11.2. The molecule has 0 aromatic heterocycles. The van der Waals surface area contributed by atoms with Crippen LogP contribution in [0.25, 0.3) is 0 Å². The lowest BCUT2D eigenvalue weighted by molar-refractivity contribution is -0.145. The summed E-state index contributed by atoms with van der Waals surface area (Å²) in [6.45, 7) is 9.39. The van der Waals surface area contributed by atoms with Crippen molar-refractivity contribution >= 4 is 5.97 Å². The van der Waals surface area contributed by atoms with Crippen LogP contribution in [0, 0.1) is 17.3 Å². The largest absolute Gasteiger partial charge is 0.449 e. The molecule has 1 aliphatic rings. The lowest BCUT2D eigenvalue weighted by atomic mass is 9.65. The van der Waals surface area contributed by atoms with Gasteiger partial charge in [-0.25, -0.2) is 0 Å². The first-order valence-electron chi connectivity index (χ1n) is 6.84. The van der Waals surface area contributed by atoms with E-state index in [1.54, 1.807) is 13.8 Å². The molecule has 0 heterocycles. The number of rotatable bonds is 2. The first kappa shape index (κ1) is 15.8. The molecular weight excluding hydrogens is 240 g/mol. The van der Waals surface area contributed by atoms with Gasteiger partial charge in [0.25, 0.3) is 0 Å². The molecule has 0 spiro atoms. The Hall–Kier alpha value is -1.27. The highest BCUT2D eigenvalue weighted by Gasteiger charge is 2.45. The summed E-state index contributed by atoms with van der Waals surface area (Å²) in [5.41, 5.74) is -0.559. The van der Waals surface area contributed by atoms with Crippen LogP contribution in [0.2, 0.25) is 0 Å². The van der Waals surface area contributed by atoms with Gasteiger partial charge in [0.2, 0.25) is 0 Å². The third kappa shape index (κ3) is 3.39. The maximum atomic E-state index is 11.2. The lowest BCUT2D eigenvalue weighted by Gasteiger charge is -2.42. The van der Waals surface area contributed by atoms with Crippen molar-refractivity contribution in [3.63, 3.8) is 0 Å². The highest BCUT2D eigenvalue weighted by Crippen LogP contribution is 2.43. The van der Waals surface area contributed by atoms with E-state index in [2.05, 4.69) is 11.8 Å². The van der Waals surface area contributed by atoms with E-state index in [-0.39, 0.29) is 11.4 Å². The number of hydrogen-bond acceptors (Lipinski definition) is 3. The van der Waals surface area contributed by atoms with Gasteiger partial charge >= 0.3 is 5.97 Å². The van der Waals surface area contributed by atoms with Gasteiger partial charge in [-0.3, -0.25) is 4.79 Å². The SMILES string of the molecule is CCC(=O)OC(C)C#CC1(O)C(C)=CCCC1(C)C. The Kier molecular flexibility index (Phi) is 4.81. The number of ether oxygens (including phenoxy) is 1. The van der Waals surface area contributed by atoms with Gasteiger partial charge in [0.05, 0.1) is 0 Å². The Labute approximate surface area is 116 Å². The molecule has 2 unspecified atom stereocenters. The summed E-state index contributed by atoms with van der Waals surface area (Å²) in [6.07, 6.45) is 3.72. The van der Waals surface area contributed by atoms with E-state index in [4.69, 9.17) is 4.74 Å². The second-order valence-electron chi connectivity index (χ2n) is 5.78. The lowest BCUT2D eigenvalue weighted by Crippen LogP contribution is -2.46. The van der Waals surface area contributed by atoms with Gasteiger partial charge in [-0.15, -0.1) is 0 Å². The van der Waals surface area contributed by atoms with Crippen LogP contribution in [-0.2, 0) is 9.53 Å². The number of carbonyl (C=O) groups is 1. The fourth-order valence-corrected chi connectivity index (χ4v) is 2.30. The van der Waals surface area contributed by atoms with Crippen LogP contribution in [0.1, 0.15) is 53.9 Å². The molecule has 0 aliphatic heterocycles. The van der Waals surface area contributed by atoms with E-state index in [9.17, 15) is 9.90 Å². The summed E-state index contributed by atoms with van der Waals surface area (Å²) in [7, 11) is 0. The van der Waals surface area contributed by atoms with Crippen LogP contribution in [0.15, 0.2) is 11.6 Å².